The number of nitrogens with zero attached hydrogens (tertiary/aromatic N) is 3. The highest BCUT2D eigenvalue weighted by Gasteiger charge is 2.42. The summed E-state index contributed by atoms with van der Waals surface area (Å²) >= 11 is 0. The van der Waals surface area contributed by atoms with Gasteiger partial charge in [-0.2, -0.15) is 13.2 Å². The predicted molar refractivity (Wildman–Crippen MR) is 127 cm³/mol. The second kappa shape index (κ2) is 10.3. The first-order valence-electron chi connectivity index (χ1n) is 12.1. The van der Waals surface area contributed by atoms with Crippen LogP contribution in [0.3, 0.4) is 0 Å². The molecule has 1 aromatic heterocycles. The van der Waals surface area contributed by atoms with Gasteiger partial charge in [-0.1, -0.05) is 0 Å². The van der Waals surface area contributed by atoms with Crippen LogP contribution in [0.25, 0.3) is 0 Å². The minimum Gasteiger partial charge on any atom is -0.444 e. The molecule has 0 unspecified atom stereocenters. The number of sulfone groups is 1. The van der Waals surface area contributed by atoms with Gasteiger partial charge in [-0.25, -0.2) is 27.0 Å². The zero-order chi connectivity index (χ0) is 28.9. The number of rotatable bonds is 5. The normalized spacial score (nSPS) is 22.5. The van der Waals surface area contributed by atoms with Crippen molar-refractivity contribution in [3.05, 3.63) is 46.8 Å². The first-order valence-corrected chi connectivity index (χ1v) is 14.0. The summed E-state index contributed by atoms with van der Waals surface area (Å²) in [5.74, 6) is -1.43. The van der Waals surface area contributed by atoms with Crippen molar-refractivity contribution < 1.29 is 44.6 Å². The molecule has 1 N–H and O–H groups in total. The van der Waals surface area contributed by atoms with E-state index in [0.717, 1.165) is 24.5 Å². The minimum atomic E-state index is -4.68. The zero-order valence-electron chi connectivity index (χ0n) is 21.7. The van der Waals surface area contributed by atoms with Gasteiger partial charge in [0.2, 0.25) is 15.0 Å². The number of benzene rings is 1. The average molecular weight is 581 g/mol. The van der Waals surface area contributed by atoms with Gasteiger partial charge in [0, 0.05) is 31.0 Å². The van der Waals surface area contributed by atoms with E-state index in [9.17, 15) is 35.2 Å². The Morgan fingerprint density at radius 3 is 2.51 bits per heavy atom. The van der Waals surface area contributed by atoms with Crippen molar-refractivity contribution in [2.75, 3.05) is 12.9 Å². The fourth-order valence-electron chi connectivity index (χ4n) is 4.84. The number of carbonyl (C=O) groups is 1. The average Bonchev–Trinajstić information content (AvgIpc) is 3.32. The summed E-state index contributed by atoms with van der Waals surface area (Å²) in [4.78, 5) is 18.3. The van der Waals surface area contributed by atoms with E-state index in [1.165, 1.54) is 0 Å². The maximum Gasteiger partial charge on any atom is 0.407 e. The molecule has 0 saturated carbocycles. The number of fused-ring (bicyclic) bond motifs is 1. The molecule has 0 bridgehead atoms. The summed E-state index contributed by atoms with van der Waals surface area (Å²) in [5, 5.41) is 2.00. The lowest BCUT2D eigenvalue weighted by Crippen LogP contribution is -2.52. The molecule has 1 fully saturated rings. The van der Waals surface area contributed by atoms with Crippen molar-refractivity contribution in [2.24, 2.45) is 0 Å². The Balaban J connectivity index is 1.59. The highest BCUT2D eigenvalue weighted by atomic mass is 32.2. The van der Waals surface area contributed by atoms with Crippen LogP contribution in [0.1, 0.15) is 50.2 Å². The third-order valence-electron chi connectivity index (χ3n) is 6.34. The van der Waals surface area contributed by atoms with Crippen molar-refractivity contribution in [1.29, 1.82) is 0 Å². The zero-order valence-corrected chi connectivity index (χ0v) is 22.5. The number of ether oxygens (including phenoxy) is 2. The lowest BCUT2D eigenvalue weighted by Gasteiger charge is -2.40. The first-order chi connectivity index (χ1) is 17.9. The number of hydrogen-bond acceptors (Lipinski definition) is 7. The van der Waals surface area contributed by atoms with E-state index in [-0.39, 0.29) is 43.1 Å². The topological polar surface area (TPSA) is 103 Å². The van der Waals surface area contributed by atoms with Gasteiger partial charge in [0.05, 0.1) is 24.0 Å². The largest absolute Gasteiger partial charge is 0.444 e. The van der Waals surface area contributed by atoms with Gasteiger partial charge in [-0.05, 0) is 45.4 Å². The Bertz CT molecular complexity index is 1360. The van der Waals surface area contributed by atoms with Crippen LogP contribution in [-0.2, 0) is 38.9 Å². The van der Waals surface area contributed by atoms with E-state index in [4.69, 9.17) is 9.47 Å². The van der Waals surface area contributed by atoms with Crippen molar-refractivity contribution in [3.63, 3.8) is 0 Å². The quantitative estimate of drug-likeness (QED) is 0.536. The Kier molecular flexibility index (Phi) is 7.73. The summed E-state index contributed by atoms with van der Waals surface area (Å²) < 4.78 is 105. The van der Waals surface area contributed by atoms with E-state index in [1.807, 2.05) is 0 Å². The molecule has 39 heavy (non-hydrogen) atoms. The van der Waals surface area contributed by atoms with E-state index in [0.29, 0.717) is 4.57 Å². The molecule has 2 aliphatic rings. The number of alkyl carbamates (subject to hydrolysis) is 1. The molecule has 0 aliphatic carbocycles. The Hall–Kier alpha value is -2.78. The van der Waals surface area contributed by atoms with Crippen molar-refractivity contribution in [1.82, 2.24) is 19.8 Å². The maximum absolute atomic E-state index is 14.6. The maximum atomic E-state index is 14.6. The van der Waals surface area contributed by atoms with Crippen molar-refractivity contribution >= 4 is 15.9 Å². The molecule has 15 heteroatoms. The molecule has 0 spiro atoms. The molecular formula is C24H29F5N4O5S. The number of nitrogens with one attached hydrogen (secondary N) is 1. The molecule has 0 radical (unpaired) electrons. The van der Waals surface area contributed by atoms with Gasteiger partial charge >= 0.3 is 12.3 Å². The molecule has 2 aliphatic heterocycles. The van der Waals surface area contributed by atoms with Crippen LogP contribution < -0.4 is 5.32 Å². The van der Waals surface area contributed by atoms with Gasteiger partial charge in [-0.3, -0.25) is 4.90 Å². The highest BCUT2D eigenvalue weighted by molar-refractivity contribution is 7.90. The van der Waals surface area contributed by atoms with Gasteiger partial charge < -0.3 is 19.4 Å². The van der Waals surface area contributed by atoms with Crippen LogP contribution in [0, 0.1) is 11.6 Å². The lowest BCUT2D eigenvalue weighted by molar-refractivity contribution is -0.142. The smallest absolute Gasteiger partial charge is 0.407 e. The fourth-order valence-corrected chi connectivity index (χ4v) is 5.69. The molecule has 3 atom stereocenters. The number of imidazole rings is 1. The molecular weight excluding hydrogens is 551 g/mol. The van der Waals surface area contributed by atoms with Gasteiger partial charge in [0.1, 0.15) is 29.9 Å². The lowest BCUT2D eigenvalue weighted by atomic mass is 9.92. The second-order valence-electron chi connectivity index (χ2n) is 10.7. The molecule has 4 rings (SSSR count). The molecule has 216 valence electrons. The monoisotopic (exact) mass is 580 g/mol. The SMILES string of the molecule is CC(C)(C)OC(=O)N[C@H]1C[C@@H](N2Cc3nc(S(C)(=O)=O)n(CC(F)(F)F)c3C2)CO[C@@H]1c1cc(F)ccc1F. The Labute approximate surface area is 222 Å². The van der Waals surface area contributed by atoms with E-state index >= 15 is 0 Å². The summed E-state index contributed by atoms with van der Waals surface area (Å²) in [6.07, 6.45) is -5.60. The molecule has 3 heterocycles. The second-order valence-corrected chi connectivity index (χ2v) is 12.6. The third kappa shape index (κ3) is 6.87. The number of alkyl halides is 3. The molecule has 1 saturated heterocycles. The number of aromatic nitrogens is 2. The number of hydrogen-bond donors (Lipinski definition) is 1. The van der Waals surface area contributed by atoms with E-state index in [2.05, 4.69) is 10.3 Å². The van der Waals surface area contributed by atoms with Crippen LogP contribution in [-0.4, -0.2) is 65.7 Å². The van der Waals surface area contributed by atoms with Crippen LogP contribution >= 0.6 is 0 Å². The van der Waals surface area contributed by atoms with Gasteiger partial charge in [0.25, 0.3) is 0 Å². The fraction of sp³-hybridized carbons (Fsp3) is 0.583. The summed E-state index contributed by atoms with van der Waals surface area (Å²) in [6, 6.07) is 1.52. The highest BCUT2D eigenvalue weighted by Crippen LogP contribution is 2.36. The first kappa shape index (κ1) is 29.2. The summed E-state index contributed by atoms with van der Waals surface area (Å²) in [5.41, 5.74) is -0.636. The predicted octanol–water partition coefficient (Wildman–Crippen LogP) is 3.87. The summed E-state index contributed by atoms with van der Waals surface area (Å²) in [7, 11) is -4.03. The van der Waals surface area contributed by atoms with Crippen LogP contribution in [0.4, 0.5) is 26.7 Å². The van der Waals surface area contributed by atoms with Gasteiger partial charge in [-0.15, -0.1) is 0 Å². The standard InChI is InChI=1S/C24H29F5N4O5S/c1-23(2,3)38-22(34)31-17-8-14(11-37-20(17)15-7-13(25)5-6-16(15)26)32-9-18-19(10-32)33(12-24(27,28)29)21(30-18)39(4,35)36/h5-7,14,17,20H,8-12H2,1-4H3,(H,31,34)/t14-,17+,20-/m1/s1. The Morgan fingerprint density at radius 2 is 1.90 bits per heavy atom. The van der Waals surface area contributed by atoms with E-state index in [1.54, 1.807) is 25.7 Å². The third-order valence-corrected chi connectivity index (χ3v) is 7.31. The molecule has 2 aromatic rings. The molecule has 1 amide bonds. The summed E-state index contributed by atoms with van der Waals surface area (Å²) in [6.45, 7) is 3.42. The van der Waals surface area contributed by atoms with Gasteiger partial charge in [0.15, 0.2) is 0 Å². The number of amides is 1. The molecule has 9 nitrogen and oxygen atoms in total. The number of carbonyl (C=O) groups excluding carboxylic acids is 1. The van der Waals surface area contributed by atoms with Crippen LogP contribution in [0.2, 0.25) is 0 Å². The molecule has 1 aromatic carbocycles. The van der Waals surface area contributed by atoms with Crippen LogP contribution in [0.15, 0.2) is 23.4 Å². The van der Waals surface area contributed by atoms with Crippen molar-refractivity contribution in [2.45, 2.75) is 81.9 Å². The van der Waals surface area contributed by atoms with Crippen LogP contribution in [0.5, 0.6) is 0 Å². The minimum absolute atomic E-state index is 0.0183. The number of halogens is 5. The van der Waals surface area contributed by atoms with Crippen molar-refractivity contribution in [3.8, 4) is 0 Å². The van der Waals surface area contributed by atoms with E-state index < -0.39 is 69.2 Å². The Morgan fingerprint density at radius 1 is 1.21 bits per heavy atom.